The maximum absolute atomic E-state index is 13.4. The molecule has 0 fully saturated rings. The van der Waals surface area contributed by atoms with E-state index in [4.69, 9.17) is 16.3 Å². The molecular formula is C23H15ClF3N3O5S. The first-order valence-corrected chi connectivity index (χ1v) is 12.3. The zero-order valence-electron chi connectivity index (χ0n) is 18.1. The van der Waals surface area contributed by atoms with E-state index in [0.29, 0.717) is 22.5 Å². The molecule has 2 aliphatic heterocycles. The topological polar surface area (TPSA) is 98.2 Å². The highest BCUT2D eigenvalue weighted by molar-refractivity contribution is 7.92. The van der Waals surface area contributed by atoms with E-state index in [9.17, 15) is 26.4 Å². The van der Waals surface area contributed by atoms with E-state index in [1.54, 1.807) is 0 Å². The molecule has 2 aliphatic rings. The van der Waals surface area contributed by atoms with Crippen molar-refractivity contribution in [2.45, 2.75) is 17.5 Å². The average Bonchev–Trinajstić information content (AvgIpc) is 3.28. The molecule has 0 unspecified atom stereocenters. The minimum atomic E-state index is -4.46. The van der Waals surface area contributed by atoms with Gasteiger partial charge in [-0.15, -0.1) is 0 Å². The Balaban J connectivity index is 1.45. The van der Waals surface area contributed by atoms with Crippen molar-refractivity contribution in [3.8, 4) is 17.1 Å². The molecule has 0 aliphatic carbocycles. The molecule has 3 heterocycles. The van der Waals surface area contributed by atoms with Gasteiger partial charge >= 0.3 is 12.1 Å². The Morgan fingerprint density at radius 3 is 2.42 bits per heavy atom. The fraction of sp³-hybridized carbons (Fsp3) is 0.174. The summed E-state index contributed by atoms with van der Waals surface area (Å²) in [5, 5.41) is 3.73. The maximum Gasteiger partial charge on any atom is 0.416 e. The summed E-state index contributed by atoms with van der Waals surface area (Å²) in [6.07, 6.45) is -4.54. The summed E-state index contributed by atoms with van der Waals surface area (Å²) in [5.41, 5.74) is 0.799. The molecule has 0 spiro atoms. The Bertz CT molecular complexity index is 1510. The van der Waals surface area contributed by atoms with Crippen LogP contribution in [0.15, 0.2) is 64.6 Å². The summed E-state index contributed by atoms with van der Waals surface area (Å²) in [5.74, 6) is -0.508. The monoisotopic (exact) mass is 537 g/mol. The Hall–Kier alpha value is -3.64. The zero-order chi connectivity index (χ0) is 25.7. The van der Waals surface area contributed by atoms with Crippen molar-refractivity contribution in [3.63, 3.8) is 0 Å². The predicted molar refractivity (Wildman–Crippen MR) is 123 cm³/mol. The number of benzene rings is 2. The lowest BCUT2D eigenvalue weighted by atomic mass is 10.1. The third-order valence-corrected chi connectivity index (χ3v) is 7.68. The van der Waals surface area contributed by atoms with Crippen LogP contribution in [0, 0.1) is 0 Å². The fourth-order valence-electron chi connectivity index (χ4n) is 3.78. The third kappa shape index (κ3) is 4.37. The molecule has 1 aromatic heterocycles. The fourth-order valence-corrected chi connectivity index (χ4v) is 5.61. The second kappa shape index (κ2) is 8.79. The number of nitrogens with zero attached hydrogens (tertiary/aromatic N) is 3. The molecule has 0 saturated carbocycles. The van der Waals surface area contributed by atoms with Crippen LogP contribution in [0.3, 0.4) is 0 Å². The zero-order valence-corrected chi connectivity index (χ0v) is 19.7. The van der Waals surface area contributed by atoms with Crippen molar-refractivity contribution in [2.75, 3.05) is 17.5 Å². The highest BCUT2D eigenvalue weighted by atomic mass is 35.5. The number of fused-ring (bicyclic) bond motifs is 1. The number of hydrogen-bond acceptors (Lipinski definition) is 7. The number of aromatic nitrogens is 1. The van der Waals surface area contributed by atoms with Crippen LogP contribution < -0.4 is 9.04 Å². The maximum atomic E-state index is 13.4. The summed E-state index contributed by atoms with van der Waals surface area (Å²) in [4.78, 5) is 20.1. The molecule has 8 nitrogen and oxygen atoms in total. The van der Waals surface area contributed by atoms with Crippen LogP contribution >= 0.6 is 11.6 Å². The third-order valence-electron chi connectivity index (χ3n) is 5.56. The van der Waals surface area contributed by atoms with Gasteiger partial charge in [0.05, 0.1) is 34.1 Å². The lowest BCUT2D eigenvalue weighted by molar-refractivity contribution is -0.140. The van der Waals surface area contributed by atoms with Gasteiger partial charge in [0.2, 0.25) is 5.88 Å². The van der Waals surface area contributed by atoms with E-state index in [0.717, 1.165) is 16.4 Å². The quantitative estimate of drug-likeness (QED) is 0.449. The average molecular weight is 538 g/mol. The van der Waals surface area contributed by atoms with Crippen LogP contribution in [-0.4, -0.2) is 38.2 Å². The number of oxime groups is 1. The van der Waals surface area contributed by atoms with Gasteiger partial charge in [-0.1, -0.05) is 35.0 Å². The Kier molecular flexibility index (Phi) is 5.87. The van der Waals surface area contributed by atoms with E-state index in [2.05, 4.69) is 15.0 Å². The number of halogens is 4. The number of carbonyl (C=O) groups excluding carboxylic acids is 1. The van der Waals surface area contributed by atoms with Gasteiger partial charge in [-0.05, 0) is 36.4 Å². The van der Waals surface area contributed by atoms with Crippen LogP contribution in [0.25, 0.3) is 11.3 Å². The molecular weight excluding hydrogens is 523 g/mol. The first-order chi connectivity index (χ1) is 17.0. The number of pyridine rings is 1. The van der Waals surface area contributed by atoms with Crippen molar-refractivity contribution in [3.05, 3.63) is 70.7 Å². The summed E-state index contributed by atoms with van der Waals surface area (Å²) >= 11 is 6.29. The number of carbonyl (C=O) groups is 1. The summed E-state index contributed by atoms with van der Waals surface area (Å²) in [6, 6.07) is 11.5. The highest BCUT2D eigenvalue weighted by Gasteiger charge is 2.33. The molecule has 0 N–H and O–H groups in total. The van der Waals surface area contributed by atoms with Gasteiger partial charge in [0, 0.05) is 11.1 Å². The normalized spacial score (nSPS) is 15.7. The van der Waals surface area contributed by atoms with Gasteiger partial charge in [-0.25, -0.2) is 18.2 Å². The molecule has 0 saturated heterocycles. The number of hydrogen-bond donors (Lipinski definition) is 0. The van der Waals surface area contributed by atoms with Crippen molar-refractivity contribution in [1.82, 2.24) is 4.98 Å². The predicted octanol–water partition coefficient (Wildman–Crippen LogP) is 4.66. The molecule has 5 rings (SSSR count). The van der Waals surface area contributed by atoms with Gasteiger partial charge in [-0.3, -0.25) is 4.31 Å². The number of rotatable bonds is 4. The van der Waals surface area contributed by atoms with Gasteiger partial charge in [0.25, 0.3) is 10.0 Å². The van der Waals surface area contributed by atoms with Crippen LogP contribution in [0.4, 0.5) is 18.9 Å². The lowest BCUT2D eigenvalue weighted by Gasteiger charge is -2.30. The molecule has 0 bridgehead atoms. The molecule has 0 amide bonds. The van der Waals surface area contributed by atoms with E-state index >= 15 is 0 Å². The van der Waals surface area contributed by atoms with Crippen molar-refractivity contribution < 1.29 is 36.0 Å². The summed E-state index contributed by atoms with van der Waals surface area (Å²) in [7, 11) is -4.08. The molecule has 2 aromatic carbocycles. The van der Waals surface area contributed by atoms with Crippen molar-refractivity contribution in [2.24, 2.45) is 5.16 Å². The molecule has 186 valence electrons. The second-order valence-electron chi connectivity index (χ2n) is 7.84. The van der Waals surface area contributed by atoms with Crippen LogP contribution in [0.5, 0.6) is 5.88 Å². The lowest BCUT2D eigenvalue weighted by Crippen LogP contribution is -2.38. The van der Waals surface area contributed by atoms with Crippen LogP contribution in [0.1, 0.15) is 17.5 Å². The van der Waals surface area contributed by atoms with Gasteiger partial charge in [0.15, 0.2) is 0 Å². The van der Waals surface area contributed by atoms with E-state index in [1.807, 2.05) is 0 Å². The van der Waals surface area contributed by atoms with E-state index in [1.165, 1.54) is 42.5 Å². The van der Waals surface area contributed by atoms with Crippen LogP contribution in [-0.2, 0) is 25.8 Å². The minimum Gasteiger partial charge on any atom is -0.474 e. The molecule has 3 aromatic rings. The molecule has 0 atom stereocenters. The molecule has 0 radical (unpaired) electrons. The van der Waals surface area contributed by atoms with E-state index < -0.39 is 27.7 Å². The summed E-state index contributed by atoms with van der Waals surface area (Å²) < 4.78 is 72.1. The molecule has 36 heavy (non-hydrogen) atoms. The first-order valence-electron chi connectivity index (χ1n) is 10.4. The number of alkyl halides is 3. The van der Waals surface area contributed by atoms with Gasteiger partial charge in [0.1, 0.15) is 18.0 Å². The highest BCUT2D eigenvalue weighted by Crippen LogP contribution is 2.37. The largest absolute Gasteiger partial charge is 0.474 e. The van der Waals surface area contributed by atoms with E-state index in [-0.39, 0.29) is 41.1 Å². The number of ether oxygens (including phenoxy) is 1. The van der Waals surface area contributed by atoms with Crippen molar-refractivity contribution >= 4 is 39.0 Å². The van der Waals surface area contributed by atoms with Gasteiger partial charge < -0.3 is 9.57 Å². The Labute approximate surface area is 208 Å². The Morgan fingerprint density at radius 1 is 1.03 bits per heavy atom. The van der Waals surface area contributed by atoms with Gasteiger partial charge in [-0.2, -0.15) is 13.2 Å². The smallest absolute Gasteiger partial charge is 0.416 e. The number of anilines is 1. The number of sulfonamides is 1. The van der Waals surface area contributed by atoms with Crippen molar-refractivity contribution in [1.29, 1.82) is 0 Å². The SMILES string of the molecule is O=C1CC(c2ccc(S(=O)(=O)N3CCOc4nc(-c5ccc(C(F)(F)F)cc5)ccc43)cc2Cl)=NO1. The second-order valence-corrected chi connectivity index (χ2v) is 10.1. The Morgan fingerprint density at radius 2 is 1.78 bits per heavy atom. The van der Waals surface area contributed by atoms with Crippen LogP contribution in [0.2, 0.25) is 5.02 Å². The first kappa shape index (κ1) is 24.1. The minimum absolute atomic E-state index is 0.00502. The summed E-state index contributed by atoms with van der Waals surface area (Å²) in [6.45, 7) is 0.0167. The standard InChI is InChI=1S/C23H15ClF3N3O5S/c24-17-11-15(5-6-16(17)19-12-21(31)35-29-19)36(32,33)30-9-10-34-22-20(30)8-7-18(28-22)13-1-3-14(4-2-13)23(25,26)27/h1-8,11H,9-10,12H2. The molecule has 13 heteroatoms.